The van der Waals surface area contributed by atoms with E-state index < -0.39 is 10.0 Å². The number of hydrogen-bond acceptors (Lipinski definition) is 4. The van der Waals surface area contributed by atoms with Gasteiger partial charge in [-0.25, -0.2) is 8.42 Å². The number of sulfonamides is 1. The average molecular weight is 424 g/mol. The Bertz CT molecular complexity index is 777. The molecule has 0 radical (unpaired) electrons. The number of piperazine rings is 1. The number of carbonyl (C=O) groups is 2. The molecule has 29 heavy (non-hydrogen) atoms. The van der Waals surface area contributed by atoms with Crippen LogP contribution in [0, 0.1) is 0 Å². The fraction of sp³-hybridized carbons (Fsp3) is 0.619. The van der Waals surface area contributed by atoms with Crippen molar-refractivity contribution < 1.29 is 18.0 Å². The van der Waals surface area contributed by atoms with Crippen LogP contribution in [0.5, 0.6) is 0 Å². The smallest absolute Gasteiger partial charge is 0.253 e. The van der Waals surface area contributed by atoms with Crippen LogP contribution in [0.25, 0.3) is 0 Å². The van der Waals surface area contributed by atoms with Crippen LogP contribution in [0.1, 0.15) is 56.8 Å². The predicted octanol–water partition coefficient (Wildman–Crippen LogP) is 2.58. The molecule has 2 rings (SSSR count). The molecule has 1 aliphatic heterocycles. The molecule has 7 nitrogen and oxygen atoms in total. The number of nitrogens with zero attached hydrogens (tertiary/aromatic N) is 3. The Morgan fingerprint density at radius 1 is 0.931 bits per heavy atom. The van der Waals surface area contributed by atoms with Gasteiger partial charge < -0.3 is 9.80 Å². The van der Waals surface area contributed by atoms with E-state index in [1.807, 2.05) is 4.90 Å². The predicted molar refractivity (Wildman–Crippen MR) is 113 cm³/mol. The van der Waals surface area contributed by atoms with Crippen LogP contribution in [0.2, 0.25) is 0 Å². The van der Waals surface area contributed by atoms with Crippen molar-refractivity contribution in [2.45, 2.75) is 51.3 Å². The van der Waals surface area contributed by atoms with Crippen molar-refractivity contribution in [2.24, 2.45) is 0 Å². The van der Waals surface area contributed by atoms with E-state index >= 15 is 0 Å². The van der Waals surface area contributed by atoms with Crippen LogP contribution >= 0.6 is 0 Å². The second-order valence-corrected chi connectivity index (χ2v) is 9.37. The summed E-state index contributed by atoms with van der Waals surface area (Å²) in [4.78, 5) is 28.0. The minimum absolute atomic E-state index is 0.0411. The van der Waals surface area contributed by atoms with Crippen molar-refractivity contribution in [3.05, 3.63) is 29.8 Å². The lowest BCUT2D eigenvalue weighted by Gasteiger charge is -2.33. The van der Waals surface area contributed by atoms with Gasteiger partial charge in [0.25, 0.3) is 5.91 Å². The number of rotatable bonds is 9. The highest BCUT2D eigenvalue weighted by Crippen LogP contribution is 2.19. The van der Waals surface area contributed by atoms with Gasteiger partial charge in [0.15, 0.2) is 0 Å². The van der Waals surface area contributed by atoms with Crippen LogP contribution in [-0.4, -0.2) is 73.6 Å². The maximum Gasteiger partial charge on any atom is 0.253 e. The van der Waals surface area contributed by atoms with E-state index in [0.29, 0.717) is 18.7 Å². The van der Waals surface area contributed by atoms with Gasteiger partial charge in [-0.05, 0) is 37.1 Å². The van der Waals surface area contributed by atoms with Crippen LogP contribution < -0.4 is 0 Å². The first kappa shape index (κ1) is 23.3. The highest BCUT2D eigenvalue weighted by molar-refractivity contribution is 7.89. The van der Waals surface area contributed by atoms with Gasteiger partial charge in [0.1, 0.15) is 0 Å². The second-order valence-electron chi connectivity index (χ2n) is 7.43. The maximum absolute atomic E-state index is 12.9. The number of hydrogen-bond donors (Lipinski definition) is 0. The molecule has 0 bridgehead atoms. The molecule has 0 saturated carbocycles. The van der Waals surface area contributed by atoms with Gasteiger partial charge in [-0.15, -0.1) is 0 Å². The topological polar surface area (TPSA) is 78.0 Å². The molecule has 0 unspecified atom stereocenters. The molecule has 0 aromatic heterocycles. The SMILES string of the molecule is CCCCN(CCCC)C(=O)c1ccc(S(=O)(=O)N2CCN(C(C)=O)CC2)cc1. The first-order valence-corrected chi connectivity index (χ1v) is 11.9. The zero-order valence-corrected chi connectivity index (χ0v) is 18.6. The molecule has 1 saturated heterocycles. The average Bonchev–Trinajstić information content (AvgIpc) is 2.73. The Labute approximate surface area is 174 Å². The van der Waals surface area contributed by atoms with Crippen LogP contribution in [0.3, 0.4) is 0 Å². The zero-order chi connectivity index (χ0) is 21.4. The summed E-state index contributed by atoms with van der Waals surface area (Å²) in [6.45, 7) is 8.48. The van der Waals surface area contributed by atoms with Crippen LogP contribution in [0.15, 0.2) is 29.2 Å². The molecule has 162 valence electrons. The molecule has 0 spiro atoms. The van der Waals surface area contributed by atoms with Gasteiger partial charge in [0.2, 0.25) is 15.9 Å². The monoisotopic (exact) mass is 423 g/mol. The van der Waals surface area contributed by atoms with Crippen molar-refractivity contribution in [2.75, 3.05) is 39.3 Å². The molecule has 0 N–H and O–H groups in total. The zero-order valence-electron chi connectivity index (χ0n) is 17.8. The number of unbranched alkanes of at least 4 members (excludes halogenated alkanes) is 2. The molecule has 1 aromatic rings. The quantitative estimate of drug-likeness (QED) is 0.612. The first-order chi connectivity index (χ1) is 13.8. The lowest BCUT2D eigenvalue weighted by molar-refractivity contribution is -0.129. The summed E-state index contributed by atoms with van der Waals surface area (Å²) in [5, 5.41) is 0. The molecule has 0 atom stereocenters. The Morgan fingerprint density at radius 2 is 1.45 bits per heavy atom. The van der Waals surface area contributed by atoms with Gasteiger partial charge in [0.05, 0.1) is 4.90 Å². The van der Waals surface area contributed by atoms with Crippen LogP contribution in [-0.2, 0) is 14.8 Å². The van der Waals surface area contributed by atoms with Crippen molar-refractivity contribution >= 4 is 21.8 Å². The van der Waals surface area contributed by atoms with E-state index in [-0.39, 0.29) is 29.8 Å². The third kappa shape index (κ3) is 6.02. The van der Waals surface area contributed by atoms with Crippen molar-refractivity contribution in [1.29, 1.82) is 0 Å². The Hall–Kier alpha value is -1.93. The molecule has 1 aromatic carbocycles. The normalized spacial score (nSPS) is 15.3. The Kier molecular flexibility index (Phi) is 8.64. The molecular weight excluding hydrogens is 390 g/mol. The molecule has 0 aliphatic carbocycles. The van der Waals surface area contributed by atoms with E-state index in [2.05, 4.69) is 13.8 Å². The highest BCUT2D eigenvalue weighted by Gasteiger charge is 2.29. The van der Waals surface area contributed by atoms with E-state index in [9.17, 15) is 18.0 Å². The van der Waals surface area contributed by atoms with Gasteiger partial charge in [-0.2, -0.15) is 4.31 Å². The van der Waals surface area contributed by atoms with Crippen molar-refractivity contribution in [3.8, 4) is 0 Å². The molecule has 8 heteroatoms. The largest absolute Gasteiger partial charge is 0.340 e. The number of amides is 2. The fourth-order valence-electron chi connectivity index (χ4n) is 3.36. The first-order valence-electron chi connectivity index (χ1n) is 10.5. The molecule has 1 heterocycles. The summed E-state index contributed by atoms with van der Waals surface area (Å²) >= 11 is 0. The second kappa shape index (κ2) is 10.7. The fourth-order valence-corrected chi connectivity index (χ4v) is 4.78. The molecule has 2 amide bonds. The summed E-state index contributed by atoms with van der Waals surface area (Å²) in [7, 11) is -3.63. The lowest BCUT2D eigenvalue weighted by Crippen LogP contribution is -2.49. The third-order valence-electron chi connectivity index (χ3n) is 5.27. The molecule has 1 aliphatic rings. The molecular formula is C21H33N3O4S. The highest BCUT2D eigenvalue weighted by atomic mass is 32.2. The van der Waals surface area contributed by atoms with E-state index in [1.165, 1.54) is 23.4 Å². The van der Waals surface area contributed by atoms with Crippen molar-refractivity contribution in [1.82, 2.24) is 14.1 Å². The third-order valence-corrected chi connectivity index (χ3v) is 7.19. The Balaban J connectivity index is 2.09. The van der Waals surface area contributed by atoms with E-state index in [1.54, 1.807) is 17.0 Å². The van der Waals surface area contributed by atoms with Gasteiger partial charge in [0, 0.05) is 51.8 Å². The summed E-state index contributed by atoms with van der Waals surface area (Å²) in [5.41, 5.74) is 0.512. The van der Waals surface area contributed by atoms with Crippen molar-refractivity contribution in [3.63, 3.8) is 0 Å². The molecule has 1 fully saturated rings. The van der Waals surface area contributed by atoms with Gasteiger partial charge in [-0.3, -0.25) is 9.59 Å². The van der Waals surface area contributed by atoms with E-state index in [0.717, 1.165) is 38.8 Å². The number of benzene rings is 1. The Morgan fingerprint density at radius 3 is 1.90 bits per heavy atom. The standard InChI is InChI=1S/C21H33N3O4S/c1-4-6-12-23(13-7-5-2)21(26)19-8-10-20(11-9-19)29(27,28)24-16-14-22(15-17-24)18(3)25/h8-11H,4-7,12-17H2,1-3H3. The van der Waals surface area contributed by atoms with Gasteiger partial charge in [-0.1, -0.05) is 26.7 Å². The summed E-state index contributed by atoms with van der Waals surface area (Å²) < 4.78 is 27.2. The van der Waals surface area contributed by atoms with Crippen LogP contribution in [0.4, 0.5) is 0 Å². The van der Waals surface area contributed by atoms with Gasteiger partial charge >= 0.3 is 0 Å². The minimum Gasteiger partial charge on any atom is -0.340 e. The van der Waals surface area contributed by atoms with E-state index in [4.69, 9.17) is 0 Å². The summed E-state index contributed by atoms with van der Waals surface area (Å²) in [6, 6.07) is 6.23. The lowest BCUT2D eigenvalue weighted by atomic mass is 10.1. The minimum atomic E-state index is -3.63. The summed E-state index contributed by atoms with van der Waals surface area (Å²) in [6.07, 6.45) is 3.94. The maximum atomic E-state index is 12.9. The number of carbonyl (C=O) groups excluding carboxylic acids is 2. The summed E-state index contributed by atoms with van der Waals surface area (Å²) in [5.74, 6) is -0.0912.